The minimum Gasteiger partial charge on any atom is -0.475 e. The van der Waals surface area contributed by atoms with E-state index in [-0.39, 0.29) is 10.8 Å². The van der Waals surface area contributed by atoms with Crippen molar-refractivity contribution in [2.24, 2.45) is 5.92 Å². The maximum Gasteiger partial charge on any atom is 0.490 e. The fourth-order valence-corrected chi connectivity index (χ4v) is 4.67. The number of halogens is 3. The summed E-state index contributed by atoms with van der Waals surface area (Å²) in [5.41, 5.74) is 2.11. The molecule has 0 aliphatic heterocycles. The van der Waals surface area contributed by atoms with Crippen molar-refractivity contribution in [1.82, 2.24) is 5.32 Å². The first kappa shape index (κ1) is 30.1. The Hall–Kier alpha value is -3.08. The summed E-state index contributed by atoms with van der Waals surface area (Å²) in [6.07, 6.45) is -0.511. The Balaban J connectivity index is 0.000000604. The number of hydrogen-bond donors (Lipinski definition) is 3. The zero-order valence-corrected chi connectivity index (χ0v) is 21.9. The van der Waals surface area contributed by atoms with Gasteiger partial charge in [0, 0.05) is 12.2 Å². The van der Waals surface area contributed by atoms with Crippen LogP contribution in [-0.4, -0.2) is 38.1 Å². The van der Waals surface area contributed by atoms with Crippen molar-refractivity contribution in [3.8, 4) is 0 Å². The van der Waals surface area contributed by atoms with Crippen LogP contribution in [0.3, 0.4) is 0 Å². The number of hydrogen-bond acceptors (Lipinski definition) is 4. The fourth-order valence-electron chi connectivity index (χ4n) is 3.61. The van der Waals surface area contributed by atoms with Gasteiger partial charge in [0.25, 0.3) is 10.0 Å². The third-order valence-corrected chi connectivity index (χ3v) is 7.29. The molecule has 37 heavy (non-hydrogen) atoms. The third-order valence-electron chi connectivity index (χ3n) is 5.90. The average Bonchev–Trinajstić information content (AvgIpc) is 3.62. The van der Waals surface area contributed by atoms with E-state index in [4.69, 9.17) is 9.90 Å². The molecule has 204 valence electrons. The highest BCUT2D eigenvalue weighted by molar-refractivity contribution is 7.92. The summed E-state index contributed by atoms with van der Waals surface area (Å²) in [7, 11) is -3.64. The number of alkyl halides is 3. The lowest BCUT2D eigenvalue weighted by Gasteiger charge is -2.17. The van der Waals surface area contributed by atoms with Gasteiger partial charge in [0.15, 0.2) is 0 Å². The van der Waals surface area contributed by atoms with Crippen molar-refractivity contribution in [2.45, 2.75) is 69.4 Å². The van der Waals surface area contributed by atoms with E-state index < -0.39 is 27.6 Å². The summed E-state index contributed by atoms with van der Waals surface area (Å²) in [6.45, 7) is 7.06. The predicted molar refractivity (Wildman–Crippen MR) is 135 cm³/mol. The molecular weight excluding hydrogens is 509 g/mol. The first-order valence-corrected chi connectivity index (χ1v) is 13.5. The van der Waals surface area contributed by atoms with E-state index in [0.717, 1.165) is 43.2 Å². The molecule has 0 bridgehead atoms. The molecule has 0 heterocycles. The van der Waals surface area contributed by atoms with Crippen LogP contribution < -0.4 is 10.0 Å². The van der Waals surface area contributed by atoms with Crippen molar-refractivity contribution in [2.75, 3.05) is 11.3 Å². The van der Waals surface area contributed by atoms with E-state index in [1.165, 1.54) is 0 Å². The quantitative estimate of drug-likeness (QED) is 0.379. The van der Waals surface area contributed by atoms with E-state index in [1.54, 1.807) is 24.3 Å². The number of carboxylic acid groups (broad SMARTS) is 1. The van der Waals surface area contributed by atoms with E-state index >= 15 is 0 Å². The number of carboxylic acids is 1. The zero-order chi connectivity index (χ0) is 27.9. The molecule has 2 aromatic carbocycles. The molecule has 2 aromatic rings. The number of anilines is 1. The standard InChI is InChI=1S/C24H32N2O3S.C2HF3O2/c1-4-5-19-6-12-22(13-7-19)30(28,29)26-21-10-8-20(9-11-21)24(15-16-24)23(27)25-17-14-18(2)3;3-2(4,5)1(6)7/h6-13,18,26H,4-5,14-17H2,1-3H3,(H,25,27);(H,6,7). The SMILES string of the molecule is CCCc1ccc(S(=O)(=O)Nc2ccc(C3(C(=O)NCCC(C)C)CC3)cc2)cc1.O=C(O)C(F)(F)F. The number of benzene rings is 2. The molecule has 1 aliphatic carbocycles. The van der Waals surface area contributed by atoms with Gasteiger partial charge in [0.05, 0.1) is 10.3 Å². The van der Waals surface area contributed by atoms with E-state index in [2.05, 4.69) is 30.8 Å². The van der Waals surface area contributed by atoms with Crippen LogP contribution in [0.4, 0.5) is 18.9 Å². The minimum atomic E-state index is -5.08. The van der Waals surface area contributed by atoms with E-state index in [9.17, 15) is 26.4 Å². The largest absolute Gasteiger partial charge is 0.490 e. The summed E-state index contributed by atoms with van der Waals surface area (Å²) in [6, 6.07) is 14.2. The molecule has 0 atom stereocenters. The maximum atomic E-state index is 12.7. The molecule has 0 aromatic heterocycles. The molecular formula is C26H33F3N2O5S. The molecule has 3 rings (SSSR count). The molecule has 1 amide bonds. The Labute approximate surface area is 215 Å². The second-order valence-corrected chi connectivity index (χ2v) is 11.1. The summed E-state index contributed by atoms with van der Waals surface area (Å²) in [5, 5.41) is 10.2. The second kappa shape index (κ2) is 12.4. The summed E-state index contributed by atoms with van der Waals surface area (Å²) in [5.74, 6) is -2.13. The van der Waals surface area contributed by atoms with Gasteiger partial charge in [-0.15, -0.1) is 0 Å². The molecule has 0 radical (unpaired) electrons. The van der Waals surface area contributed by atoms with Gasteiger partial charge in [-0.3, -0.25) is 9.52 Å². The molecule has 0 saturated heterocycles. The number of aliphatic carboxylic acids is 1. The summed E-state index contributed by atoms with van der Waals surface area (Å²) in [4.78, 5) is 21.8. The number of sulfonamides is 1. The molecule has 3 N–H and O–H groups in total. The van der Waals surface area contributed by atoms with Crippen LogP contribution in [-0.2, 0) is 31.4 Å². The van der Waals surface area contributed by atoms with E-state index in [0.29, 0.717) is 18.2 Å². The normalized spacial score (nSPS) is 14.4. The van der Waals surface area contributed by atoms with Crippen molar-refractivity contribution < 1.29 is 36.3 Å². The molecule has 0 unspecified atom stereocenters. The Bertz CT molecular complexity index is 1160. The van der Waals surface area contributed by atoms with Crippen molar-refractivity contribution >= 4 is 27.6 Å². The monoisotopic (exact) mass is 542 g/mol. The van der Waals surface area contributed by atoms with Crippen LogP contribution in [0.5, 0.6) is 0 Å². The van der Waals surface area contributed by atoms with Gasteiger partial charge in [0.2, 0.25) is 5.91 Å². The highest BCUT2D eigenvalue weighted by Crippen LogP contribution is 2.48. The van der Waals surface area contributed by atoms with Crippen LogP contribution >= 0.6 is 0 Å². The minimum absolute atomic E-state index is 0.0728. The topological polar surface area (TPSA) is 113 Å². The lowest BCUT2D eigenvalue weighted by Crippen LogP contribution is -2.35. The van der Waals surface area contributed by atoms with Gasteiger partial charge in [0.1, 0.15) is 0 Å². The van der Waals surface area contributed by atoms with Crippen LogP contribution in [0.15, 0.2) is 53.4 Å². The van der Waals surface area contributed by atoms with Crippen LogP contribution in [0.25, 0.3) is 0 Å². The van der Waals surface area contributed by atoms with Gasteiger partial charge in [-0.2, -0.15) is 13.2 Å². The van der Waals surface area contributed by atoms with Crippen LogP contribution in [0.2, 0.25) is 0 Å². The number of rotatable bonds is 10. The van der Waals surface area contributed by atoms with Crippen molar-refractivity contribution in [1.29, 1.82) is 0 Å². The van der Waals surface area contributed by atoms with Gasteiger partial charge < -0.3 is 10.4 Å². The lowest BCUT2D eigenvalue weighted by molar-refractivity contribution is -0.192. The number of nitrogens with one attached hydrogen (secondary N) is 2. The zero-order valence-electron chi connectivity index (χ0n) is 21.1. The third kappa shape index (κ3) is 8.77. The summed E-state index contributed by atoms with van der Waals surface area (Å²) >= 11 is 0. The van der Waals surface area contributed by atoms with Crippen molar-refractivity contribution in [3.63, 3.8) is 0 Å². The van der Waals surface area contributed by atoms with Gasteiger partial charge >= 0.3 is 12.1 Å². The van der Waals surface area contributed by atoms with Gasteiger partial charge in [-0.25, -0.2) is 13.2 Å². The van der Waals surface area contributed by atoms with Gasteiger partial charge in [-0.1, -0.05) is 51.5 Å². The Kier molecular flexibility index (Phi) is 10.1. The van der Waals surface area contributed by atoms with Crippen LogP contribution in [0.1, 0.15) is 57.6 Å². The number of aryl methyl sites for hydroxylation is 1. The van der Waals surface area contributed by atoms with Crippen LogP contribution in [0, 0.1) is 5.92 Å². The lowest BCUT2D eigenvalue weighted by atomic mass is 9.94. The van der Waals surface area contributed by atoms with E-state index in [1.807, 2.05) is 24.3 Å². The first-order chi connectivity index (χ1) is 17.2. The maximum absolute atomic E-state index is 12.7. The summed E-state index contributed by atoms with van der Waals surface area (Å²) < 4.78 is 59.7. The second-order valence-electron chi connectivity index (χ2n) is 9.40. The number of carbonyl (C=O) groups excluding carboxylic acids is 1. The smallest absolute Gasteiger partial charge is 0.475 e. The molecule has 1 saturated carbocycles. The van der Waals surface area contributed by atoms with Crippen molar-refractivity contribution in [3.05, 3.63) is 59.7 Å². The molecule has 11 heteroatoms. The number of carbonyl (C=O) groups is 2. The fraction of sp³-hybridized carbons (Fsp3) is 0.462. The molecule has 7 nitrogen and oxygen atoms in total. The Morgan fingerprint density at radius 1 is 1.03 bits per heavy atom. The molecule has 0 spiro atoms. The Morgan fingerprint density at radius 2 is 1.57 bits per heavy atom. The number of amides is 1. The first-order valence-electron chi connectivity index (χ1n) is 12.0. The molecule has 1 fully saturated rings. The highest BCUT2D eigenvalue weighted by atomic mass is 32.2. The Morgan fingerprint density at radius 3 is 2.00 bits per heavy atom. The average molecular weight is 543 g/mol. The predicted octanol–water partition coefficient (Wildman–Crippen LogP) is 5.27. The highest BCUT2D eigenvalue weighted by Gasteiger charge is 2.51. The van der Waals surface area contributed by atoms with Gasteiger partial charge in [-0.05, 0) is 67.0 Å². The molecule has 1 aliphatic rings.